The molecule has 0 fully saturated rings. The van der Waals surface area contributed by atoms with E-state index in [4.69, 9.17) is 0 Å². The summed E-state index contributed by atoms with van der Waals surface area (Å²) in [5.74, 6) is 0. The smallest absolute Gasteiger partial charge is 0.0883 e. The average Bonchev–Trinajstić information content (AvgIpc) is 2.77. The fraction of sp³-hybridized carbons (Fsp3) is 0. The Hall–Kier alpha value is -2.35. The number of hydrogen-bond donors (Lipinski definition) is 1. The number of fused-ring (bicyclic) bond motifs is 5. The molecular weight excluding hydrogens is 208 g/mol. The van der Waals surface area contributed by atoms with Gasteiger partial charge in [0.2, 0.25) is 0 Å². The fourth-order valence-corrected chi connectivity index (χ4v) is 2.47. The van der Waals surface area contributed by atoms with E-state index in [2.05, 4.69) is 46.4 Å². The number of H-pyrrole nitrogens is 1. The molecule has 0 aromatic heterocycles. The van der Waals surface area contributed by atoms with Crippen LogP contribution in [0.25, 0.3) is 33.1 Å². The predicted molar refractivity (Wildman–Crippen MR) is 70.2 cm³/mol. The highest BCUT2D eigenvalue weighted by Gasteiger charge is 2.14. The quantitative estimate of drug-likeness (QED) is 0.477. The van der Waals surface area contributed by atoms with Crippen LogP contribution in [0.3, 0.4) is 0 Å². The number of benzene rings is 2. The minimum Gasteiger partial charge on any atom is -0.359 e. The molecule has 2 aliphatic heterocycles. The van der Waals surface area contributed by atoms with Gasteiger partial charge in [-0.3, -0.25) is 0 Å². The van der Waals surface area contributed by atoms with Gasteiger partial charge in [0.05, 0.1) is 11.2 Å². The Morgan fingerprint density at radius 1 is 0.824 bits per heavy atom. The van der Waals surface area contributed by atoms with Crippen molar-refractivity contribution in [2.75, 3.05) is 0 Å². The van der Waals surface area contributed by atoms with Crippen molar-refractivity contribution < 1.29 is 0 Å². The van der Waals surface area contributed by atoms with E-state index in [0.29, 0.717) is 0 Å². The van der Waals surface area contributed by atoms with Crippen LogP contribution in [-0.2, 0) is 0 Å². The second-order valence-corrected chi connectivity index (χ2v) is 4.22. The first-order chi connectivity index (χ1) is 8.43. The van der Waals surface area contributed by atoms with Crippen molar-refractivity contribution in [3.8, 4) is 11.3 Å². The number of nitrogens with one attached hydrogen (secondary N) is 1. The van der Waals surface area contributed by atoms with Crippen LogP contribution < -0.4 is 0 Å². The summed E-state index contributed by atoms with van der Waals surface area (Å²) in [6.07, 6.45) is 1.98. The van der Waals surface area contributed by atoms with Crippen LogP contribution in [0.4, 0.5) is 0 Å². The number of rotatable bonds is 0. The molecule has 2 aromatic carbocycles. The lowest BCUT2D eigenvalue weighted by molar-refractivity contribution is 1.35. The molecule has 80 valence electrons. The van der Waals surface area contributed by atoms with Crippen molar-refractivity contribution in [3.63, 3.8) is 0 Å². The molecule has 2 nitrogen and oxygen atoms in total. The van der Waals surface area contributed by atoms with Crippen LogP contribution >= 0.6 is 0 Å². The van der Waals surface area contributed by atoms with Crippen LogP contribution in [0.15, 0.2) is 54.7 Å². The Kier molecular flexibility index (Phi) is 1.59. The Labute approximate surface area is 98.3 Å². The molecule has 0 radical (unpaired) electrons. The van der Waals surface area contributed by atoms with Gasteiger partial charge in [-0.05, 0) is 12.1 Å². The van der Waals surface area contributed by atoms with Gasteiger partial charge in [-0.2, -0.15) is 0 Å². The van der Waals surface area contributed by atoms with Crippen LogP contribution in [0, 0.1) is 0 Å². The van der Waals surface area contributed by atoms with Crippen molar-refractivity contribution in [3.05, 3.63) is 54.7 Å². The van der Waals surface area contributed by atoms with Crippen LogP contribution in [-0.4, -0.2) is 9.97 Å². The summed E-state index contributed by atoms with van der Waals surface area (Å²) in [7, 11) is 0. The molecule has 0 amide bonds. The van der Waals surface area contributed by atoms with Crippen LogP contribution in [0.5, 0.6) is 0 Å². The molecule has 17 heavy (non-hydrogen) atoms. The van der Waals surface area contributed by atoms with Gasteiger partial charge in [-0.15, -0.1) is 0 Å². The second-order valence-electron chi connectivity index (χ2n) is 4.22. The lowest BCUT2D eigenvalue weighted by Gasteiger charge is -2.04. The van der Waals surface area contributed by atoms with E-state index >= 15 is 0 Å². The molecule has 2 heterocycles. The van der Waals surface area contributed by atoms with Crippen molar-refractivity contribution in [2.45, 2.75) is 0 Å². The summed E-state index contributed by atoms with van der Waals surface area (Å²) in [5, 5.41) is 2.46. The minimum absolute atomic E-state index is 1.03. The van der Waals surface area contributed by atoms with E-state index in [9.17, 15) is 0 Å². The molecule has 4 rings (SSSR count). The third-order valence-electron chi connectivity index (χ3n) is 3.23. The Bertz CT molecular complexity index is 792. The molecule has 0 unspecified atom stereocenters. The third-order valence-corrected chi connectivity index (χ3v) is 3.23. The van der Waals surface area contributed by atoms with E-state index in [0.717, 1.165) is 16.7 Å². The topological polar surface area (TPSA) is 28.7 Å². The van der Waals surface area contributed by atoms with Crippen molar-refractivity contribution in [1.82, 2.24) is 9.97 Å². The fourth-order valence-electron chi connectivity index (χ4n) is 2.47. The molecule has 2 aromatic rings. The number of para-hydroxylation sites is 2. The van der Waals surface area contributed by atoms with Crippen LogP contribution in [0.2, 0.25) is 0 Å². The van der Waals surface area contributed by atoms with Gasteiger partial charge in [-0.1, -0.05) is 36.4 Å². The molecule has 1 N–H and O–H groups in total. The monoisotopic (exact) mass is 218 g/mol. The third kappa shape index (κ3) is 1.12. The highest BCUT2D eigenvalue weighted by atomic mass is 14.8. The van der Waals surface area contributed by atoms with E-state index < -0.39 is 0 Å². The van der Waals surface area contributed by atoms with E-state index in [1.54, 1.807) is 0 Å². The summed E-state index contributed by atoms with van der Waals surface area (Å²) in [6.45, 7) is 0. The van der Waals surface area contributed by atoms with Crippen molar-refractivity contribution in [2.24, 2.45) is 0 Å². The van der Waals surface area contributed by atoms with E-state index in [1.807, 2.05) is 18.3 Å². The molecular formula is C15H10N2. The molecule has 0 saturated carbocycles. The van der Waals surface area contributed by atoms with Gasteiger partial charge in [-0.25, -0.2) is 4.98 Å². The lowest BCUT2D eigenvalue weighted by Crippen LogP contribution is -1.84. The van der Waals surface area contributed by atoms with E-state index in [-0.39, 0.29) is 0 Å². The number of pyridine rings is 1. The summed E-state index contributed by atoms with van der Waals surface area (Å²) in [4.78, 5) is 7.93. The zero-order valence-electron chi connectivity index (χ0n) is 9.14. The maximum Gasteiger partial charge on any atom is 0.0883 e. The predicted octanol–water partition coefficient (Wildman–Crippen LogP) is 3.82. The van der Waals surface area contributed by atoms with Gasteiger partial charge >= 0.3 is 0 Å². The maximum absolute atomic E-state index is 4.63. The molecule has 0 bridgehead atoms. The number of aromatic nitrogens is 2. The Morgan fingerprint density at radius 2 is 1.59 bits per heavy atom. The number of hydrogen-bond acceptors (Lipinski definition) is 1. The van der Waals surface area contributed by atoms with Gasteiger partial charge in [0.25, 0.3) is 0 Å². The summed E-state index contributed by atoms with van der Waals surface area (Å²) < 4.78 is 0. The number of nitrogens with zero attached hydrogens (tertiary/aromatic N) is 1. The van der Waals surface area contributed by atoms with Gasteiger partial charge in [0.15, 0.2) is 0 Å². The maximum atomic E-state index is 4.63. The molecule has 0 saturated heterocycles. The van der Waals surface area contributed by atoms with Gasteiger partial charge in [0.1, 0.15) is 0 Å². The molecule has 0 spiro atoms. The Morgan fingerprint density at radius 3 is 2.53 bits per heavy atom. The molecule has 2 heteroatoms. The average molecular weight is 218 g/mol. The summed E-state index contributed by atoms with van der Waals surface area (Å²) >= 11 is 0. The summed E-state index contributed by atoms with van der Waals surface area (Å²) in [6, 6.07) is 16.6. The summed E-state index contributed by atoms with van der Waals surface area (Å²) in [5.41, 5.74) is 4.49. The van der Waals surface area contributed by atoms with Crippen LogP contribution in [0.1, 0.15) is 0 Å². The Balaban J connectivity index is 2.33. The number of aromatic amines is 1. The van der Waals surface area contributed by atoms with E-state index in [1.165, 1.54) is 16.3 Å². The second kappa shape index (κ2) is 3.08. The first kappa shape index (κ1) is 8.76. The molecule has 0 atom stereocenters. The van der Waals surface area contributed by atoms with Gasteiger partial charge < -0.3 is 4.98 Å². The van der Waals surface area contributed by atoms with Crippen molar-refractivity contribution >= 4 is 21.8 Å². The standard InChI is InChI=1S/C15H10N2/c1-3-7-12-10(5-1)15-11-6-2-4-8-13(11)17-14(15)9-16-12/h1-9,16H. The zero-order valence-corrected chi connectivity index (χ0v) is 9.14. The zero-order chi connectivity index (χ0) is 11.2. The first-order valence-corrected chi connectivity index (χ1v) is 5.68. The highest BCUT2D eigenvalue weighted by Crippen LogP contribution is 2.35. The first-order valence-electron chi connectivity index (χ1n) is 5.68. The minimum atomic E-state index is 1.03. The van der Waals surface area contributed by atoms with Gasteiger partial charge in [0, 0.05) is 28.0 Å². The van der Waals surface area contributed by atoms with Crippen molar-refractivity contribution in [1.29, 1.82) is 0 Å². The largest absolute Gasteiger partial charge is 0.359 e. The highest BCUT2D eigenvalue weighted by molar-refractivity contribution is 6.09. The molecule has 0 aliphatic carbocycles. The normalized spacial score (nSPS) is 11.5. The lowest BCUT2D eigenvalue weighted by atomic mass is 10.0. The molecule has 2 aliphatic rings. The SMILES string of the molecule is c1ccc2c3c4ccccc4[nH]cc-3nc2c1.